The molecule has 2 aromatic carbocycles. The molecule has 1 aromatic heterocycles. The highest BCUT2D eigenvalue weighted by atomic mass is 35.5. The molecule has 172 valence electrons. The summed E-state index contributed by atoms with van der Waals surface area (Å²) in [5.74, 6) is -0.670. The average molecular weight is 469 g/mol. The van der Waals surface area contributed by atoms with E-state index in [1.807, 2.05) is 43.5 Å². The number of ether oxygens (including phenoxy) is 2. The van der Waals surface area contributed by atoms with Crippen molar-refractivity contribution >= 4 is 35.3 Å². The van der Waals surface area contributed by atoms with E-state index in [9.17, 15) is 9.59 Å². The van der Waals surface area contributed by atoms with Gasteiger partial charge in [-0.25, -0.2) is 5.43 Å². The third kappa shape index (κ3) is 5.53. The van der Waals surface area contributed by atoms with Gasteiger partial charge in [0.25, 0.3) is 0 Å². The number of nitrogens with zero attached hydrogens (tertiary/aromatic N) is 2. The second-order valence-electron chi connectivity index (χ2n) is 7.06. The number of para-hydroxylation sites is 2. The van der Waals surface area contributed by atoms with Crippen LogP contribution in [0.3, 0.4) is 0 Å². The molecule has 3 rings (SSSR count). The zero-order chi connectivity index (χ0) is 24.0. The van der Waals surface area contributed by atoms with Gasteiger partial charge < -0.3 is 19.4 Å². The van der Waals surface area contributed by atoms with Gasteiger partial charge in [-0.05, 0) is 57.2 Å². The summed E-state index contributed by atoms with van der Waals surface area (Å²) in [6, 6.07) is 14.3. The predicted octanol–water partition coefficient (Wildman–Crippen LogP) is 4.24. The van der Waals surface area contributed by atoms with Crippen LogP contribution in [0.25, 0.3) is 5.69 Å². The standard InChI is InChI=1S/C24H25ClN4O4/c1-5-33-22-9-7-6-8-20(22)27-23(30)24(31)28-26-14-17-12-15(2)29(16(17)3)18-10-11-21(32-4)19(25)13-18/h6-14H,5H2,1-4H3,(H,27,30)(H,28,31)/b26-14-. The molecule has 1 heterocycles. The SMILES string of the molecule is CCOc1ccccc1NC(=O)C(=O)N/N=C\c1cc(C)n(-c2ccc(OC)c(Cl)c2)c1C. The van der Waals surface area contributed by atoms with Gasteiger partial charge in [0.1, 0.15) is 11.5 Å². The van der Waals surface area contributed by atoms with Crippen molar-refractivity contribution < 1.29 is 19.1 Å². The van der Waals surface area contributed by atoms with Crippen LogP contribution in [0, 0.1) is 13.8 Å². The predicted molar refractivity (Wildman–Crippen MR) is 129 cm³/mol. The molecule has 9 heteroatoms. The zero-order valence-corrected chi connectivity index (χ0v) is 19.6. The molecule has 0 aliphatic carbocycles. The first kappa shape index (κ1) is 23.9. The van der Waals surface area contributed by atoms with Crippen LogP contribution in [0.15, 0.2) is 53.6 Å². The highest BCUT2D eigenvalue weighted by molar-refractivity contribution is 6.39. The quantitative estimate of drug-likeness (QED) is 0.308. The van der Waals surface area contributed by atoms with Crippen LogP contribution in [0.4, 0.5) is 5.69 Å². The summed E-state index contributed by atoms with van der Waals surface area (Å²) >= 11 is 6.27. The normalized spacial score (nSPS) is 10.8. The fourth-order valence-electron chi connectivity index (χ4n) is 3.35. The minimum absolute atomic E-state index is 0.408. The molecule has 0 atom stereocenters. The number of hydrogen-bond donors (Lipinski definition) is 2. The Morgan fingerprint density at radius 3 is 2.55 bits per heavy atom. The highest BCUT2D eigenvalue weighted by Crippen LogP contribution is 2.29. The summed E-state index contributed by atoms with van der Waals surface area (Å²) in [5, 5.41) is 6.97. The van der Waals surface area contributed by atoms with E-state index < -0.39 is 11.8 Å². The van der Waals surface area contributed by atoms with E-state index in [1.165, 1.54) is 6.21 Å². The molecular formula is C24H25ClN4O4. The van der Waals surface area contributed by atoms with Gasteiger partial charge in [-0.15, -0.1) is 0 Å². The number of amides is 2. The summed E-state index contributed by atoms with van der Waals surface area (Å²) in [6.07, 6.45) is 1.49. The molecule has 2 amide bonds. The number of halogens is 1. The Kier molecular flexibility index (Phi) is 7.74. The maximum absolute atomic E-state index is 12.2. The average Bonchev–Trinajstić information content (AvgIpc) is 3.08. The lowest BCUT2D eigenvalue weighted by Gasteiger charge is -2.11. The Labute approximate surface area is 197 Å². The Hall–Kier alpha value is -3.78. The van der Waals surface area contributed by atoms with Crippen LogP contribution in [-0.2, 0) is 9.59 Å². The van der Waals surface area contributed by atoms with E-state index >= 15 is 0 Å². The summed E-state index contributed by atoms with van der Waals surface area (Å²) in [5.41, 5.74) is 6.15. The fourth-order valence-corrected chi connectivity index (χ4v) is 3.60. The van der Waals surface area contributed by atoms with E-state index in [-0.39, 0.29) is 0 Å². The molecule has 0 radical (unpaired) electrons. The second kappa shape index (κ2) is 10.7. The number of hydrazone groups is 1. The third-order valence-corrected chi connectivity index (χ3v) is 5.17. The Morgan fingerprint density at radius 1 is 1.09 bits per heavy atom. The van der Waals surface area contributed by atoms with Gasteiger partial charge in [0.05, 0.1) is 30.6 Å². The van der Waals surface area contributed by atoms with Gasteiger partial charge in [0.2, 0.25) is 0 Å². The maximum atomic E-state index is 12.2. The number of benzene rings is 2. The van der Waals surface area contributed by atoms with Gasteiger partial charge in [0.15, 0.2) is 0 Å². The Morgan fingerprint density at radius 2 is 1.85 bits per heavy atom. The van der Waals surface area contributed by atoms with Crippen molar-refractivity contribution in [2.75, 3.05) is 19.0 Å². The van der Waals surface area contributed by atoms with Crippen LogP contribution in [-0.4, -0.2) is 36.3 Å². The number of carbonyl (C=O) groups excluding carboxylic acids is 2. The fraction of sp³-hybridized carbons (Fsp3) is 0.208. The zero-order valence-electron chi connectivity index (χ0n) is 18.8. The lowest BCUT2D eigenvalue weighted by atomic mass is 10.2. The molecule has 0 bridgehead atoms. The van der Waals surface area contributed by atoms with E-state index in [2.05, 4.69) is 15.8 Å². The Bertz CT molecular complexity index is 1200. The van der Waals surface area contributed by atoms with Crippen molar-refractivity contribution in [3.05, 3.63) is 70.5 Å². The number of nitrogens with one attached hydrogen (secondary N) is 2. The van der Waals surface area contributed by atoms with E-state index in [4.69, 9.17) is 21.1 Å². The van der Waals surface area contributed by atoms with Crippen molar-refractivity contribution in [2.24, 2.45) is 5.10 Å². The number of aromatic nitrogens is 1. The first-order chi connectivity index (χ1) is 15.8. The van der Waals surface area contributed by atoms with Crippen LogP contribution in [0.2, 0.25) is 5.02 Å². The lowest BCUT2D eigenvalue weighted by Crippen LogP contribution is -2.32. The summed E-state index contributed by atoms with van der Waals surface area (Å²) < 4.78 is 12.7. The maximum Gasteiger partial charge on any atom is 0.329 e. The monoisotopic (exact) mass is 468 g/mol. The van der Waals surface area contributed by atoms with Crippen LogP contribution < -0.4 is 20.2 Å². The number of rotatable bonds is 7. The van der Waals surface area contributed by atoms with Crippen molar-refractivity contribution in [1.82, 2.24) is 9.99 Å². The van der Waals surface area contributed by atoms with Crippen molar-refractivity contribution in [1.29, 1.82) is 0 Å². The Balaban J connectivity index is 1.69. The van der Waals surface area contributed by atoms with E-state index in [0.717, 1.165) is 22.6 Å². The summed E-state index contributed by atoms with van der Waals surface area (Å²) in [7, 11) is 1.56. The number of carbonyl (C=O) groups is 2. The van der Waals surface area contributed by atoms with Crippen molar-refractivity contribution in [3.8, 4) is 17.2 Å². The van der Waals surface area contributed by atoms with Gasteiger partial charge in [-0.2, -0.15) is 5.10 Å². The van der Waals surface area contributed by atoms with Crippen LogP contribution in [0.5, 0.6) is 11.5 Å². The lowest BCUT2D eigenvalue weighted by molar-refractivity contribution is -0.136. The smallest absolute Gasteiger partial charge is 0.329 e. The second-order valence-corrected chi connectivity index (χ2v) is 7.47. The van der Waals surface area contributed by atoms with Gasteiger partial charge in [0, 0.05) is 22.6 Å². The highest BCUT2D eigenvalue weighted by Gasteiger charge is 2.16. The molecular weight excluding hydrogens is 444 g/mol. The largest absolute Gasteiger partial charge is 0.495 e. The number of aryl methyl sites for hydroxylation is 1. The first-order valence-corrected chi connectivity index (χ1v) is 10.6. The van der Waals surface area contributed by atoms with Gasteiger partial charge in [-0.3, -0.25) is 9.59 Å². The number of anilines is 1. The van der Waals surface area contributed by atoms with E-state index in [1.54, 1.807) is 37.4 Å². The topological polar surface area (TPSA) is 94.0 Å². The molecule has 0 saturated carbocycles. The molecule has 0 aliphatic rings. The molecule has 3 aromatic rings. The molecule has 33 heavy (non-hydrogen) atoms. The minimum Gasteiger partial charge on any atom is -0.495 e. The summed E-state index contributed by atoms with van der Waals surface area (Å²) in [6.45, 7) is 6.14. The number of hydrogen-bond acceptors (Lipinski definition) is 5. The van der Waals surface area contributed by atoms with Crippen LogP contribution >= 0.6 is 11.6 Å². The molecule has 0 fully saturated rings. The van der Waals surface area contributed by atoms with Gasteiger partial charge in [-0.1, -0.05) is 23.7 Å². The molecule has 0 aliphatic heterocycles. The molecule has 0 spiro atoms. The van der Waals surface area contributed by atoms with Crippen LogP contribution in [0.1, 0.15) is 23.9 Å². The van der Waals surface area contributed by atoms with E-state index in [0.29, 0.717) is 28.8 Å². The molecule has 0 unspecified atom stereocenters. The van der Waals surface area contributed by atoms with Crippen molar-refractivity contribution in [3.63, 3.8) is 0 Å². The summed E-state index contributed by atoms with van der Waals surface area (Å²) in [4.78, 5) is 24.4. The third-order valence-electron chi connectivity index (χ3n) is 4.87. The minimum atomic E-state index is -0.895. The first-order valence-electron chi connectivity index (χ1n) is 10.2. The molecule has 8 nitrogen and oxygen atoms in total. The van der Waals surface area contributed by atoms with Crippen molar-refractivity contribution in [2.45, 2.75) is 20.8 Å². The molecule has 2 N–H and O–H groups in total. The number of methoxy groups -OCH3 is 1. The molecule has 0 saturated heterocycles. The van der Waals surface area contributed by atoms with Gasteiger partial charge >= 0.3 is 11.8 Å².